The van der Waals surface area contributed by atoms with Gasteiger partial charge in [0.2, 0.25) is 11.8 Å². The Kier molecular flexibility index (Phi) is 2.67. The number of Topliss-reactive ketones (excluding diaryl/α,β-unsaturated/α-hetero) is 2. The first-order valence-corrected chi connectivity index (χ1v) is 6.24. The Morgan fingerprint density at radius 2 is 1.75 bits per heavy atom. The summed E-state index contributed by atoms with van der Waals surface area (Å²) in [5.41, 5.74) is 0.368. The zero-order valence-corrected chi connectivity index (χ0v) is 10.4. The molecule has 1 aromatic carbocycles. The molecule has 2 unspecified atom stereocenters. The molecule has 1 aliphatic carbocycles. The van der Waals surface area contributed by atoms with Crippen LogP contribution < -0.4 is 5.32 Å². The standard InChI is InChI=1S/C14H11NO5/c16-6-1-2-7-9(5-6)13(19)11(12(7)18)8-3-4-10(17)15-14(8)20/h1-2,5,8,11,16H,3-4H2,(H,15,17,20). The van der Waals surface area contributed by atoms with Gasteiger partial charge in [-0.15, -0.1) is 0 Å². The van der Waals surface area contributed by atoms with Crippen LogP contribution in [0.25, 0.3) is 0 Å². The molecule has 2 N–H and O–H groups in total. The Labute approximate surface area is 113 Å². The molecule has 0 aromatic heterocycles. The second-order valence-electron chi connectivity index (χ2n) is 4.99. The lowest BCUT2D eigenvalue weighted by atomic mass is 9.82. The highest BCUT2D eigenvalue weighted by molar-refractivity contribution is 6.28. The maximum Gasteiger partial charge on any atom is 0.230 e. The molecule has 0 radical (unpaired) electrons. The third-order valence-corrected chi connectivity index (χ3v) is 3.78. The highest BCUT2D eigenvalue weighted by Crippen LogP contribution is 2.36. The summed E-state index contributed by atoms with van der Waals surface area (Å²) in [5.74, 6) is -3.85. The van der Waals surface area contributed by atoms with Crippen LogP contribution in [-0.2, 0) is 9.59 Å². The van der Waals surface area contributed by atoms with E-state index in [0.717, 1.165) is 0 Å². The van der Waals surface area contributed by atoms with Gasteiger partial charge in [0, 0.05) is 17.5 Å². The number of phenols is 1. The summed E-state index contributed by atoms with van der Waals surface area (Å²) < 4.78 is 0. The number of piperidine rings is 1. The van der Waals surface area contributed by atoms with Crippen molar-refractivity contribution in [2.75, 3.05) is 0 Å². The topological polar surface area (TPSA) is 101 Å². The summed E-state index contributed by atoms with van der Waals surface area (Å²) in [6.07, 6.45) is 0.307. The van der Waals surface area contributed by atoms with Crippen molar-refractivity contribution in [3.05, 3.63) is 29.3 Å². The zero-order valence-electron chi connectivity index (χ0n) is 10.4. The Morgan fingerprint density at radius 3 is 2.45 bits per heavy atom. The molecular formula is C14H11NO5. The molecule has 1 aliphatic heterocycles. The number of benzene rings is 1. The molecule has 6 nitrogen and oxygen atoms in total. The molecule has 6 heteroatoms. The number of hydrogen-bond acceptors (Lipinski definition) is 5. The van der Waals surface area contributed by atoms with Crippen molar-refractivity contribution < 1.29 is 24.3 Å². The van der Waals surface area contributed by atoms with E-state index in [9.17, 15) is 24.3 Å². The molecule has 3 rings (SSSR count). The van der Waals surface area contributed by atoms with E-state index in [1.807, 2.05) is 0 Å². The van der Waals surface area contributed by atoms with Gasteiger partial charge in [-0.1, -0.05) is 0 Å². The summed E-state index contributed by atoms with van der Waals surface area (Å²) in [5, 5.41) is 11.6. The molecule has 0 spiro atoms. The van der Waals surface area contributed by atoms with Crippen molar-refractivity contribution in [2.24, 2.45) is 11.8 Å². The largest absolute Gasteiger partial charge is 0.508 e. The monoisotopic (exact) mass is 273 g/mol. The molecule has 1 aromatic rings. The van der Waals surface area contributed by atoms with E-state index in [1.54, 1.807) is 0 Å². The van der Waals surface area contributed by atoms with Crippen LogP contribution in [0.15, 0.2) is 18.2 Å². The van der Waals surface area contributed by atoms with Gasteiger partial charge in [0.05, 0.1) is 11.8 Å². The lowest BCUT2D eigenvalue weighted by Crippen LogP contribution is -2.46. The average molecular weight is 273 g/mol. The third kappa shape index (κ3) is 1.72. The van der Waals surface area contributed by atoms with Crippen LogP contribution in [0.5, 0.6) is 5.75 Å². The number of hydrogen-bond donors (Lipinski definition) is 2. The lowest BCUT2D eigenvalue weighted by molar-refractivity contribution is -0.137. The molecule has 1 saturated heterocycles. The molecule has 0 saturated carbocycles. The van der Waals surface area contributed by atoms with Crippen molar-refractivity contribution in [3.63, 3.8) is 0 Å². The van der Waals surface area contributed by atoms with Crippen molar-refractivity contribution >= 4 is 23.4 Å². The SMILES string of the molecule is O=C1CCC(C2C(=O)c3ccc(O)cc3C2=O)C(=O)N1. The summed E-state index contributed by atoms with van der Waals surface area (Å²) in [6.45, 7) is 0. The zero-order chi connectivity index (χ0) is 14.4. The van der Waals surface area contributed by atoms with E-state index < -0.39 is 29.3 Å². The van der Waals surface area contributed by atoms with Gasteiger partial charge in [0.25, 0.3) is 0 Å². The Bertz CT molecular complexity index is 664. The van der Waals surface area contributed by atoms with Crippen molar-refractivity contribution in [3.8, 4) is 5.75 Å². The minimum absolute atomic E-state index is 0.103. The number of aromatic hydroxyl groups is 1. The molecule has 20 heavy (non-hydrogen) atoms. The smallest absolute Gasteiger partial charge is 0.230 e. The highest BCUT2D eigenvalue weighted by atomic mass is 16.3. The predicted molar refractivity (Wildman–Crippen MR) is 66.1 cm³/mol. The van der Waals surface area contributed by atoms with Crippen LogP contribution in [0.4, 0.5) is 0 Å². The third-order valence-electron chi connectivity index (χ3n) is 3.78. The summed E-state index contributed by atoms with van der Waals surface area (Å²) in [6, 6.07) is 3.95. The van der Waals surface area contributed by atoms with E-state index in [0.29, 0.717) is 0 Å². The van der Waals surface area contributed by atoms with Gasteiger partial charge >= 0.3 is 0 Å². The first-order chi connectivity index (χ1) is 9.49. The fourth-order valence-corrected chi connectivity index (χ4v) is 2.80. The number of fused-ring (bicyclic) bond motifs is 1. The highest BCUT2D eigenvalue weighted by Gasteiger charge is 2.47. The number of nitrogens with one attached hydrogen (secondary N) is 1. The molecule has 0 bridgehead atoms. The van der Waals surface area contributed by atoms with Gasteiger partial charge in [-0.25, -0.2) is 0 Å². The van der Waals surface area contributed by atoms with Crippen molar-refractivity contribution in [1.29, 1.82) is 0 Å². The van der Waals surface area contributed by atoms with Crippen LogP contribution in [0.3, 0.4) is 0 Å². The fourth-order valence-electron chi connectivity index (χ4n) is 2.80. The van der Waals surface area contributed by atoms with Gasteiger partial charge in [0.1, 0.15) is 5.75 Å². The van der Waals surface area contributed by atoms with Gasteiger partial charge in [-0.05, 0) is 24.6 Å². The lowest BCUT2D eigenvalue weighted by Gasteiger charge is -2.23. The van der Waals surface area contributed by atoms with Gasteiger partial charge in [-0.2, -0.15) is 0 Å². The number of imide groups is 1. The molecule has 2 aliphatic rings. The maximum atomic E-state index is 12.3. The minimum atomic E-state index is -1.08. The fraction of sp³-hybridized carbons (Fsp3) is 0.286. The van der Waals surface area contributed by atoms with E-state index in [-0.39, 0.29) is 35.6 Å². The Balaban J connectivity index is 1.97. The summed E-state index contributed by atoms with van der Waals surface area (Å²) >= 11 is 0. The van der Waals surface area contributed by atoms with Crippen molar-refractivity contribution in [1.82, 2.24) is 5.32 Å². The maximum absolute atomic E-state index is 12.3. The van der Waals surface area contributed by atoms with Crippen LogP contribution in [0.2, 0.25) is 0 Å². The second-order valence-corrected chi connectivity index (χ2v) is 4.99. The summed E-state index contributed by atoms with van der Waals surface area (Å²) in [7, 11) is 0. The van der Waals surface area contributed by atoms with Crippen LogP contribution in [0, 0.1) is 11.8 Å². The molecule has 2 amide bonds. The van der Waals surface area contributed by atoms with Gasteiger partial charge < -0.3 is 5.11 Å². The molecule has 2 atom stereocenters. The number of phenolic OH excluding ortho intramolecular Hbond substituents is 1. The normalized spacial score (nSPS) is 25.6. The average Bonchev–Trinajstić information content (AvgIpc) is 2.63. The first kappa shape index (κ1) is 12.5. The Hall–Kier alpha value is -2.50. The second kappa shape index (κ2) is 4.26. The Morgan fingerprint density at radius 1 is 1.05 bits per heavy atom. The predicted octanol–water partition coefficient (Wildman–Crippen LogP) is 0.440. The van der Waals surface area contributed by atoms with Crippen LogP contribution in [0.1, 0.15) is 33.6 Å². The summed E-state index contributed by atoms with van der Waals surface area (Å²) in [4.78, 5) is 47.5. The van der Waals surface area contributed by atoms with Gasteiger partial charge in [-0.3, -0.25) is 24.5 Å². The van der Waals surface area contributed by atoms with Crippen molar-refractivity contribution in [2.45, 2.75) is 12.8 Å². The van der Waals surface area contributed by atoms with E-state index in [4.69, 9.17) is 0 Å². The molecular weight excluding hydrogens is 262 g/mol. The number of carbonyl (C=O) groups is 4. The quantitative estimate of drug-likeness (QED) is 0.571. The molecule has 1 fully saturated rings. The van der Waals surface area contributed by atoms with Crippen LogP contribution in [-0.4, -0.2) is 28.5 Å². The van der Waals surface area contributed by atoms with E-state index >= 15 is 0 Å². The van der Waals surface area contributed by atoms with Gasteiger partial charge in [0.15, 0.2) is 11.6 Å². The first-order valence-electron chi connectivity index (χ1n) is 6.24. The minimum Gasteiger partial charge on any atom is -0.508 e. The number of carbonyl (C=O) groups excluding carboxylic acids is 4. The molecule has 102 valence electrons. The van der Waals surface area contributed by atoms with E-state index in [1.165, 1.54) is 18.2 Å². The molecule has 1 heterocycles. The number of rotatable bonds is 1. The number of amides is 2. The van der Waals surface area contributed by atoms with E-state index in [2.05, 4.69) is 5.32 Å². The number of ketones is 2. The van der Waals surface area contributed by atoms with Crippen LogP contribution >= 0.6 is 0 Å².